The quantitative estimate of drug-likeness (QED) is 0.700. The fourth-order valence-electron chi connectivity index (χ4n) is 2.98. The topological polar surface area (TPSA) is 48.0 Å². The van der Waals surface area contributed by atoms with Crippen molar-refractivity contribution < 1.29 is 19.0 Å². The predicted octanol–water partition coefficient (Wildman–Crippen LogP) is 1.32. The molecule has 0 aromatic heterocycles. The van der Waals surface area contributed by atoms with Crippen LogP contribution in [0.2, 0.25) is 0 Å². The molecule has 0 N–H and O–H groups in total. The Bertz CT molecular complexity index is 851. The highest BCUT2D eigenvalue weighted by molar-refractivity contribution is 5.93. The van der Waals surface area contributed by atoms with Gasteiger partial charge in [0.2, 0.25) is 0 Å². The van der Waals surface area contributed by atoms with Crippen molar-refractivity contribution >= 4 is 17.6 Å². The first-order valence-corrected chi connectivity index (χ1v) is 8.51. The highest BCUT2D eigenvalue weighted by Crippen LogP contribution is 2.21. The zero-order valence-electron chi connectivity index (χ0n) is 14.9. The van der Waals surface area contributed by atoms with E-state index in [1.54, 1.807) is 14.0 Å². The molecule has 0 fully saturated rings. The summed E-state index contributed by atoms with van der Waals surface area (Å²) in [6.07, 6.45) is 5.93. The van der Waals surface area contributed by atoms with Gasteiger partial charge < -0.3 is 19.1 Å². The molecule has 1 aliphatic carbocycles. The van der Waals surface area contributed by atoms with E-state index >= 15 is 0 Å². The molecule has 1 heterocycles. The predicted molar refractivity (Wildman–Crippen MR) is 96.1 cm³/mol. The Morgan fingerprint density at radius 2 is 2.08 bits per heavy atom. The molecule has 0 atom stereocenters. The molecule has 0 saturated heterocycles. The maximum absolute atomic E-state index is 12.2. The Morgan fingerprint density at radius 3 is 2.80 bits per heavy atom. The van der Waals surface area contributed by atoms with Crippen molar-refractivity contribution in [2.45, 2.75) is 13.8 Å². The third-order valence-corrected chi connectivity index (χ3v) is 4.19. The van der Waals surface area contributed by atoms with E-state index in [1.165, 1.54) is 16.0 Å². The van der Waals surface area contributed by atoms with E-state index < -0.39 is 0 Å². The second kappa shape index (κ2) is 7.47. The second-order valence-corrected chi connectivity index (χ2v) is 5.82. The Labute approximate surface area is 147 Å². The third-order valence-electron chi connectivity index (χ3n) is 4.19. The second-order valence-electron chi connectivity index (χ2n) is 5.82. The van der Waals surface area contributed by atoms with Gasteiger partial charge in [-0.15, -0.1) is 0 Å². The molecule has 0 radical (unpaired) electrons. The molecule has 1 aliphatic heterocycles. The van der Waals surface area contributed by atoms with E-state index in [0.29, 0.717) is 31.1 Å². The molecule has 0 spiro atoms. The number of hydrogen-bond donors (Lipinski definition) is 0. The molecule has 5 heteroatoms. The van der Waals surface area contributed by atoms with Crippen LogP contribution in [-0.4, -0.2) is 44.3 Å². The van der Waals surface area contributed by atoms with E-state index in [2.05, 4.69) is 17.0 Å². The normalized spacial score (nSPS) is 15.3. The van der Waals surface area contributed by atoms with Crippen molar-refractivity contribution in [2.24, 2.45) is 0 Å². The summed E-state index contributed by atoms with van der Waals surface area (Å²) in [5.41, 5.74) is 1.70. The first kappa shape index (κ1) is 17.1. The molecule has 5 nitrogen and oxygen atoms in total. The van der Waals surface area contributed by atoms with Gasteiger partial charge in [0, 0.05) is 19.3 Å². The van der Waals surface area contributed by atoms with Crippen LogP contribution < -0.4 is 15.2 Å². The molecule has 1 aromatic rings. The average Bonchev–Trinajstić information content (AvgIpc) is 2.61. The standard InChI is InChI=1S/C20H23NO4/c1-4-24-19-8-9-21(13-18(19)20(22)25-5-2)12-15-10-14-6-7-16(23-3)11-17(14)15/h6-8,10-11,13H,4-5,9,12H2,1-3H3. The molecule has 3 rings (SSSR count). The number of esters is 1. The average molecular weight is 341 g/mol. The summed E-state index contributed by atoms with van der Waals surface area (Å²) in [7, 11) is 1.67. The third kappa shape index (κ3) is 3.55. The van der Waals surface area contributed by atoms with Crippen molar-refractivity contribution in [1.82, 2.24) is 4.90 Å². The van der Waals surface area contributed by atoms with Crippen molar-refractivity contribution in [1.29, 1.82) is 0 Å². The molecule has 25 heavy (non-hydrogen) atoms. The summed E-state index contributed by atoms with van der Waals surface area (Å²) in [5.74, 6) is 1.10. The van der Waals surface area contributed by atoms with Gasteiger partial charge in [-0.25, -0.2) is 4.79 Å². The van der Waals surface area contributed by atoms with Gasteiger partial charge in [-0.05, 0) is 54.1 Å². The lowest BCUT2D eigenvalue weighted by Crippen LogP contribution is -2.38. The number of ether oxygens (including phenoxy) is 3. The van der Waals surface area contributed by atoms with Crippen LogP contribution in [0.5, 0.6) is 5.75 Å². The number of hydrogen-bond acceptors (Lipinski definition) is 5. The van der Waals surface area contributed by atoms with Gasteiger partial charge in [0.25, 0.3) is 0 Å². The van der Waals surface area contributed by atoms with E-state index in [0.717, 1.165) is 12.3 Å². The van der Waals surface area contributed by atoms with Gasteiger partial charge in [0.1, 0.15) is 17.1 Å². The summed E-state index contributed by atoms with van der Waals surface area (Å²) in [6.45, 7) is 5.97. The number of fused-ring (bicyclic) bond motifs is 1. The number of rotatable bonds is 7. The summed E-state index contributed by atoms with van der Waals surface area (Å²) in [5, 5.41) is 2.41. The molecule has 2 aliphatic rings. The molecule has 0 saturated carbocycles. The van der Waals surface area contributed by atoms with E-state index in [-0.39, 0.29) is 5.97 Å². The van der Waals surface area contributed by atoms with Gasteiger partial charge in [0.05, 0.1) is 20.3 Å². The van der Waals surface area contributed by atoms with Crippen molar-refractivity contribution in [3.05, 3.63) is 52.2 Å². The maximum atomic E-state index is 12.2. The van der Waals surface area contributed by atoms with Gasteiger partial charge in [-0.3, -0.25) is 0 Å². The Hall–Kier alpha value is -2.69. The fourth-order valence-corrected chi connectivity index (χ4v) is 2.98. The van der Waals surface area contributed by atoms with Crippen LogP contribution in [0.3, 0.4) is 0 Å². The number of nitrogens with zero attached hydrogens (tertiary/aromatic N) is 1. The zero-order chi connectivity index (χ0) is 17.8. The lowest BCUT2D eigenvalue weighted by molar-refractivity contribution is -0.138. The lowest BCUT2D eigenvalue weighted by atomic mass is 9.99. The number of benzene rings is 1. The van der Waals surface area contributed by atoms with Crippen LogP contribution in [-0.2, 0) is 14.3 Å². The molecule has 0 amide bonds. The SMILES string of the molecule is CCOC(=O)C1=CN(CC2=c3cc(OC)ccc3=C2)CC=C1OCC. The summed E-state index contributed by atoms with van der Waals surface area (Å²) in [4.78, 5) is 14.3. The largest absolute Gasteiger partial charge is 0.497 e. The van der Waals surface area contributed by atoms with E-state index in [4.69, 9.17) is 14.2 Å². The van der Waals surface area contributed by atoms with Crippen molar-refractivity contribution in [3.8, 4) is 5.75 Å². The summed E-state index contributed by atoms with van der Waals surface area (Å²) in [6, 6.07) is 6.07. The minimum atomic E-state index is -0.350. The minimum Gasteiger partial charge on any atom is -0.497 e. The van der Waals surface area contributed by atoms with Crippen molar-refractivity contribution in [3.63, 3.8) is 0 Å². The van der Waals surface area contributed by atoms with Gasteiger partial charge in [-0.1, -0.05) is 6.07 Å². The Kier molecular flexibility index (Phi) is 5.12. The van der Waals surface area contributed by atoms with Crippen LogP contribution in [0.25, 0.3) is 11.6 Å². The summed E-state index contributed by atoms with van der Waals surface area (Å²) >= 11 is 0. The van der Waals surface area contributed by atoms with Crippen LogP contribution in [0.4, 0.5) is 0 Å². The molecular formula is C20H23NO4. The minimum absolute atomic E-state index is 0.341. The first-order chi connectivity index (χ1) is 12.2. The van der Waals surface area contributed by atoms with Gasteiger partial charge in [0.15, 0.2) is 0 Å². The highest BCUT2D eigenvalue weighted by atomic mass is 16.5. The molecule has 0 bridgehead atoms. The monoisotopic (exact) mass is 341 g/mol. The molecule has 132 valence electrons. The first-order valence-electron chi connectivity index (χ1n) is 8.51. The van der Waals surface area contributed by atoms with Gasteiger partial charge >= 0.3 is 5.97 Å². The van der Waals surface area contributed by atoms with Crippen LogP contribution in [0, 0.1) is 0 Å². The molecular weight excluding hydrogens is 318 g/mol. The molecule has 0 unspecified atom stereocenters. The van der Waals surface area contributed by atoms with Gasteiger partial charge in [-0.2, -0.15) is 0 Å². The van der Waals surface area contributed by atoms with Crippen LogP contribution in [0.15, 0.2) is 41.8 Å². The Balaban J connectivity index is 1.81. The fraction of sp³-hybridized carbons (Fsp3) is 0.350. The van der Waals surface area contributed by atoms with Crippen molar-refractivity contribution in [2.75, 3.05) is 33.4 Å². The van der Waals surface area contributed by atoms with E-state index in [9.17, 15) is 4.79 Å². The lowest BCUT2D eigenvalue weighted by Gasteiger charge is -2.27. The number of carbonyl (C=O) groups is 1. The van der Waals surface area contributed by atoms with E-state index in [1.807, 2.05) is 31.3 Å². The zero-order valence-corrected chi connectivity index (χ0v) is 14.9. The smallest absolute Gasteiger partial charge is 0.343 e. The summed E-state index contributed by atoms with van der Waals surface area (Å²) < 4.78 is 16.0. The Morgan fingerprint density at radius 1 is 1.24 bits per heavy atom. The van der Waals surface area contributed by atoms with Crippen LogP contribution >= 0.6 is 0 Å². The number of methoxy groups -OCH3 is 1. The number of carbonyl (C=O) groups excluding carboxylic acids is 1. The molecule has 1 aromatic carbocycles. The van der Waals surface area contributed by atoms with Crippen LogP contribution in [0.1, 0.15) is 13.8 Å². The highest BCUT2D eigenvalue weighted by Gasteiger charge is 2.23. The maximum Gasteiger partial charge on any atom is 0.343 e.